The quantitative estimate of drug-likeness (QED) is 0.827. The van der Waals surface area contributed by atoms with Crippen molar-refractivity contribution in [3.05, 3.63) is 68.2 Å². The fraction of sp³-hybridized carbons (Fsp3) is 0.455. The lowest BCUT2D eigenvalue weighted by molar-refractivity contribution is 0.0723. The van der Waals surface area contributed by atoms with Gasteiger partial charge in [0.15, 0.2) is 0 Å². The predicted octanol–water partition coefficient (Wildman–Crippen LogP) is 3.87. The Hall–Kier alpha value is -2.11. The van der Waals surface area contributed by atoms with Gasteiger partial charge in [-0.25, -0.2) is 4.79 Å². The van der Waals surface area contributed by atoms with Crippen LogP contribution in [0.5, 0.6) is 0 Å². The second-order valence-corrected chi connectivity index (χ2v) is 8.26. The number of carbonyl (C=O) groups excluding carboxylic acids is 1. The fourth-order valence-electron chi connectivity index (χ4n) is 3.87. The zero-order chi connectivity index (χ0) is 19.7. The smallest absolute Gasteiger partial charge is 0.349 e. The highest BCUT2D eigenvalue weighted by Crippen LogP contribution is 2.31. The van der Waals surface area contributed by atoms with Gasteiger partial charge < -0.3 is 14.6 Å². The van der Waals surface area contributed by atoms with E-state index in [1.54, 1.807) is 4.90 Å². The molecular formula is C22H25ClN2O3. The van der Waals surface area contributed by atoms with Crippen LogP contribution in [0.3, 0.4) is 0 Å². The Kier molecular flexibility index (Phi) is 5.56. The predicted molar refractivity (Wildman–Crippen MR) is 109 cm³/mol. The Bertz CT molecular complexity index is 912. The molecule has 1 aromatic heterocycles. The van der Waals surface area contributed by atoms with Gasteiger partial charge in [-0.15, -0.1) is 0 Å². The molecule has 1 aliphatic heterocycles. The topological polar surface area (TPSA) is 62.6 Å². The summed E-state index contributed by atoms with van der Waals surface area (Å²) in [6, 6.07) is 9.53. The van der Waals surface area contributed by atoms with Crippen LogP contribution in [0.4, 0.5) is 0 Å². The van der Waals surface area contributed by atoms with Gasteiger partial charge in [-0.2, -0.15) is 0 Å². The van der Waals surface area contributed by atoms with Crippen molar-refractivity contribution in [2.45, 2.75) is 51.1 Å². The number of nitrogens with zero attached hydrogens (tertiary/aromatic N) is 1. The molecule has 1 amide bonds. The van der Waals surface area contributed by atoms with Crippen molar-refractivity contribution in [1.29, 1.82) is 0 Å². The van der Waals surface area contributed by atoms with Crippen molar-refractivity contribution in [1.82, 2.24) is 10.2 Å². The number of piperidine rings is 1. The van der Waals surface area contributed by atoms with E-state index in [0.717, 1.165) is 44.3 Å². The fourth-order valence-corrected chi connectivity index (χ4v) is 3.99. The largest absolute Gasteiger partial charge is 0.427 e. The van der Waals surface area contributed by atoms with Crippen molar-refractivity contribution in [2.24, 2.45) is 0 Å². The maximum absolute atomic E-state index is 13.3. The lowest BCUT2D eigenvalue weighted by atomic mass is 9.95. The van der Waals surface area contributed by atoms with Crippen LogP contribution in [0.1, 0.15) is 58.8 Å². The van der Waals surface area contributed by atoms with Crippen LogP contribution in [0.25, 0.3) is 0 Å². The van der Waals surface area contributed by atoms with Gasteiger partial charge in [-0.05, 0) is 68.5 Å². The van der Waals surface area contributed by atoms with E-state index >= 15 is 0 Å². The molecule has 2 fully saturated rings. The number of carbonyl (C=O) groups is 1. The SMILES string of the molecule is Cc1cc(C2CCCNC2)oc(=O)c1C(=O)N(Cc1ccc(Cl)cc1)C1CC1. The molecule has 1 unspecified atom stereocenters. The van der Waals surface area contributed by atoms with Gasteiger partial charge in [0, 0.05) is 30.1 Å². The van der Waals surface area contributed by atoms with E-state index in [2.05, 4.69) is 5.32 Å². The second-order valence-electron chi connectivity index (χ2n) is 7.83. The van der Waals surface area contributed by atoms with Gasteiger partial charge in [-0.1, -0.05) is 23.7 Å². The summed E-state index contributed by atoms with van der Waals surface area (Å²) in [6.07, 6.45) is 3.99. The van der Waals surface area contributed by atoms with Crippen LogP contribution >= 0.6 is 11.6 Å². The van der Waals surface area contributed by atoms with Gasteiger partial charge in [0.25, 0.3) is 5.91 Å². The zero-order valence-electron chi connectivity index (χ0n) is 16.0. The summed E-state index contributed by atoms with van der Waals surface area (Å²) in [4.78, 5) is 27.8. The number of hydrogen-bond acceptors (Lipinski definition) is 4. The first-order chi connectivity index (χ1) is 13.5. The first-order valence-electron chi connectivity index (χ1n) is 9.93. The van der Waals surface area contributed by atoms with Crippen LogP contribution < -0.4 is 10.9 Å². The van der Waals surface area contributed by atoms with Gasteiger partial charge in [0.05, 0.1) is 0 Å². The third-order valence-electron chi connectivity index (χ3n) is 5.60. The monoisotopic (exact) mass is 400 g/mol. The summed E-state index contributed by atoms with van der Waals surface area (Å²) >= 11 is 5.96. The number of hydrogen-bond donors (Lipinski definition) is 1. The summed E-state index contributed by atoms with van der Waals surface area (Å²) in [5.41, 5.74) is 1.33. The summed E-state index contributed by atoms with van der Waals surface area (Å²) in [5, 5.41) is 4.00. The van der Waals surface area contributed by atoms with E-state index in [1.807, 2.05) is 37.3 Å². The Morgan fingerprint density at radius 1 is 1.25 bits per heavy atom. The number of benzene rings is 1. The highest BCUT2D eigenvalue weighted by Gasteiger charge is 2.35. The average molecular weight is 401 g/mol. The minimum absolute atomic E-state index is 0.161. The zero-order valence-corrected chi connectivity index (χ0v) is 16.8. The maximum Gasteiger partial charge on any atom is 0.349 e. The molecule has 2 heterocycles. The molecule has 28 heavy (non-hydrogen) atoms. The molecule has 1 atom stereocenters. The highest BCUT2D eigenvalue weighted by molar-refractivity contribution is 6.30. The molecule has 148 valence electrons. The van der Waals surface area contributed by atoms with Crippen LogP contribution in [0.15, 0.2) is 39.5 Å². The summed E-state index contributed by atoms with van der Waals surface area (Å²) in [6.45, 7) is 4.10. The molecule has 0 spiro atoms. The van der Waals surface area contributed by atoms with E-state index in [9.17, 15) is 9.59 Å². The normalized spacial score (nSPS) is 19.4. The number of nitrogens with one attached hydrogen (secondary N) is 1. The van der Waals surface area contributed by atoms with Crippen molar-refractivity contribution in [3.8, 4) is 0 Å². The number of amides is 1. The lowest BCUT2D eigenvalue weighted by Crippen LogP contribution is -2.36. The molecular weight excluding hydrogens is 376 g/mol. The van der Waals surface area contributed by atoms with E-state index in [0.29, 0.717) is 22.9 Å². The van der Waals surface area contributed by atoms with Crippen LogP contribution in [-0.2, 0) is 6.54 Å². The Morgan fingerprint density at radius 3 is 2.61 bits per heavy atom. The van der Waals surface area contributed by atoms with Crippen molar-refractivity contribution in [2.75, 3.05) is 13.1 Å². The van der Waals surface area contributed by atoms with Gasteiger partial charge >= 0.3 is 5.63 Å². The molecule has 2 aliphatic rings. The summed E-state index contributed by atoms with van der Waals surface area (Å²) in [5.74, 6) is 0.636. The third-order valence-corrected chi connectivity index (χ3v) is 5.85. The van der Waals surface area contributed by atoms with Gasteiger partial charge in [0.2, 0.25) is 0 Å². The van der Waals surface area contributed by atoms with E-state index in [1.165, 1.54) is 0 Å². The minimum atomic E-state index is -0.521. The number of aryl methyl sites for hydroxylation is 1. The molecule has 2 aromatic rings. The third kappa shape index (κ3) is 4.15. The van der Waals surface area contributed by atoms with E-state index < -0.39 is 5.63 Å². The Morgan fingerprint density at radius 2 is 2.00 bits per heavy atom. The first kappa shape index (κ1) is 19.2. The van der Waals surface area contributed by atoms with Crippen LogP contribution in [0, 0.1) is 6.92 Å². The second kappa shape index (κ2) is 8.10. The number of rotatable bonds is 5. The summed E-state index contributed by atoms with van der Waals surface area (Å²) in [7, 11) is 0. The molecule has 1 aromatic carbocycles. The maximum atomic E-state index is 13.3. The molecule has 5 nitrogen and oxygen atoms in total. The minimum Gasteiger partial charge on any atom is -0.427 e. The van der Waals surface area contributed by atoms with Crippen LogP contribution in [-0.4, -0.2) is 29.9 Å². The Balaban J connectivity index is 1.60. The van der Waals surface area contributed by atoms with Crippen molar-refractivity contribution in [3.63, 3.8) is 0 Å². The Labute approximate surface area is 169 Å². The first-order valence-corrected chi connectivity index (χ1v) is 10.3. The molecule has 6 heteroatoms. The molecule has 1 saturated heterocycles. The van der Waals surface area contributed by atoms with E-state index in [-0.39, 0.29) is 23.4 Å². The van der Waals surface area contributed by atoms with Crippen molar-refractivity contribution >= 4 is 17.5 Å². The van der Waals surface area contributed by atoms with Crippen molar-refractivity contribution < 1.29 is 9.21 Å². The van der Waals surface area contributed by atoms with Gasteiger partial charge in [-0.3, -0.25) is 4.79 Å². The van der Waals surface area contributed by atoms with Gasteiger partial charge in [0.1, 0.15) is 11.3 Å². The highest BCUT2D eigenvalue weighted by atomic mass is 35.5. The standard InChI is InChI=1S/C22H25ClN2O3/c1-14-11-19(16-3-2-10-24-12-16)28-22(27)20(14)21(26)25(18-8-9-18)13-15-4-6-17(23)7-5-15/h4-7,11,16,18,24H,2-3,8-10,12-13H2,1H3. The molecule has 1 N–H and O–H groups in total. The average Bonchev–Trinajstić information content (AvgIpc) is 3.52. The van der Waals surface area contributed by atoms with E-state index in [4.69, 9.17) is 16.0 Å². The molecule has 1 saturated carbocycles. The molecule has 0 bridgehead atoms. The molecule has 0 radical (unpaired) electrons. The lowest BCUT2D eigenvalue weighted by Gasteiger charge is -2.24. The molecule has 4 rings (SSSR count). The van der Waals surface area contributed by atoms with Crippen LogP contribution in [0.2, 0.25) is 5.02 Å². The summed E-state index contributed by atoms with van der Waals surface area (Å²) < 4.78 is 5.61. The number of halogens is 1. The molecule has 1 aliphatic carbocycles.